The summed E-state index contributed by atoms with van der Waals surface area (Å²) < 4.78 is 5.57. The Hall–Kier alpha value is -2.62. The van der Waals surface area contributed by atoms with Crippen LogP contribution in [0.15, 0.2) is 53.2 Å². The first-order valence-corrected chi connectivity index (χ1v) is 6.40. The van der Waals surface area contributed by atoms with Gasteiger partial charge in [-0.25, -0.2) is 0 Å². The van der Waals surface area contributed by atoms with Gasteiger partial charge >= 0.3 is 0 Å². The third-order valence-electron chi connectivity index (χ3n) is 3.08. The molecule has 1 amide bonds. The minimum atomic E-state index is -0.220. The highest BCUT2D eigenvalue weighted by Crippen LogP contribution is 2.20. The Kier molecular flexibility index (Phi) is 3.21. The van der Waals surface area contributed by atoms with Crippen molar-refractivity contribution in [2.45, 2.75) is 13.5 Å². The van der Waals surface area contributed by atoms with E-state index in [1.807, 2.05) is 37.3 Å². The van der Waals surface area contributed by atoms with Crippen LogP contribution >= 0.6 is 0 Å². The Morgan fingerprint density at radius 3 is 3.00 bits per heavy atom. The quantitative estimate of drug-likeness (QED) is 0.792. The summed E-state index contributed by atoms with van der Waals surface area (Å²) in [4.78, 5) is 16.1. The molecule has 0 unspecified atom stereocenters. The highest BCUT2D eigenvalue weighted by molar-refractivity contribution is 5.96. The van der Waals surface area contributed by atoms with Crippen LogP contribution in [0.3, 0.4) is 0 Å². The second-order valence-corrected chi connectivity index (χ2v) is 4.70. The summed E-state index contributed by atoms with van der Waals surface area (Å²) in [6.45, 7) is 2.42. The van der Waals surface area contributed by atoms with Crippen LogP contribution < -0.4 is 5.32 Å². The van der Waals surface area contributed by atoms with Crippen molar-refractivity contribution in [2.24, 2.45) is 0 Å². The fourth-order valence-corrected chi connectivity index (χ4v) is 2.02. The van der Waals surface area contributed by atoms with E-state index in [0.29, 0.717) is 12.3 Å². The summed E-state index contributed by atoms with van der Waals surface area (Å²) >= 11 is 0. The second kappa shape index (κ2) is 5.17. The van der Waals surface area contributed by atoms with E-state index in [0.717, 1.165) is 22.1 Å². The molecule has 3 aromatic rings. The summed E-state index contributed by atoms with van der Waals surface area (Å²) in [5, 5.41) is 3.75. The van der Waals surface area contributed by atoms with E-state index >= 15 is 0 Å². The van der Waals surface area contributed by atoms with Crippen LogP contribution in [0.25, 0.3) is 11.0 Å². The van der Waals surface area contributed by atoms with Gasteiger partial charge in [0.05, 0.1) is 0 Å². The minimum absolute atomic E-state index is 0.220. The van der Waals surface area contributed by atoms with Gasteiger partial charge in [0.15, 0.2) is 5.76 Å². The van der Waals surface area contributed by atoms with Crippen molar-refractivity contribution in [2.75, 3.05) is 0 Å². The molecule has 20 heavy (non-hydrogen) atoms. The molecule has 3 rings (SSSR count). The lowest BCUT2D eigenvalue weighted by atomic mass is 10.2. The first kappa shape index (κ1) is 12.4. The Bertz CT molecular complexity index is 748. The summed E-state index contributed by atoms with van der Waals surface area (Å²) in [6.07, 6.45) is 3.43. The molecule has 0 atom stereocenters. The molecule has 0 aliphatic carbocycles. The number of hydrogen-bond donors (Lipinski definition) is 1. The highest BCUT2D eigenvalue weighted by atomic mass is 16.3. The Labute approximate surface area is 116 Å². The number of hydrogen-bond acceptors (Lipinski definition) is 3. The number of rotatable bonds is 3. The number of aryl methyl sites for hydroxylation is 1. The molecule has 0 saturated heterocycles. The van der Waals surface area contributed by atoms with Gasteiger partial charge in [0.2, 0.25) is 0 Å². The van der Waals surface area contributed by atoms with Crippen molar-refractivity contribution in [3.05, 3.63) is 65.7 Å². The fraction of sp³-hybridized carbons (Fsp3) is 0.125. The first-order valence-electron chi connectivity index (χ1n) is 6.40. The van der Waals surface area contributed by atoms with E-state index < -0.39 is 0 Å². The summed E-state index contributed by atoms with van der Waals surface area (Å²) in [5.41, 5.74) is 2.79. The first-order chi connectivity index (χ1) is 9.72. The van der Waals surface area contributed by atoms with Gasteiger partial charge in [0, 0.05) is 24.3 Å². The normalized spacial score (nSPS) is 10.7. The van der Waals surface area contributed by atoms with Crippen molar-refractivity contribution in [3.8, 4) is 0 Å². The van der Waals surface area contributed by atoms with Crippen LogP contribution in [-0.2, 0) is 6.54 Å². The zero-order valence-electron chi connectivity index (χ0n) is 11.1. The number of aromatic nitrogens is 1. The van der Waals surface area contributed by atoms with Crippen molar-refractivity contribution < 1.29 is 9.21 Å². The summed E-state index contributed by atoms with van der Waals surface area (Å²) in [5.74, 6) is 0.109. The number of carbonyl (C=O) groups is 1. The third kappa shape index (κ3) is 2.54. The lowest BCUT2D eigenvalue weighted by molar-refractivity contribution is 0.0925. The molecular formula is C16H14N2O2. The highest BCUT2D eigenvalue weighted by Gasteiger charge is 2.11. The molecule has 4 nitrogen and oxygen atoms in total. The predicted octanol–water partition coefficient (Wildman–Crippen LogP) is 3.07. The van der Waals surface area contributed by atoms with Crippen LogP contribution in [0, 0.1) is 6.92 Å². The van der Waals surface area contributed by atoms with Crippen LogP contribution in [0.1, 0.15) is 21.7 Å². The van der Waals surface area contributed by atoms with Gasteiger partial charge < -0.3 is 9.73 Å². The standard InChI is InChI=1S/C16H14N2O2/c1-11-4-5-13-8-15(20-14(13)7-11)16(19)18-10-12-3-2-6-17-9-12/h2-9H,10H2,1H3,(H,18,19). The lowest BCUT2D eigenvalue weighted by Crippen LogP contribution is -2.22. The van der Waals surface area contributed by atoms with Crippen molar-refractivity contribution in [3.63, 3.8) is 0 Å². The maximum Gasteiger partial charge on any atom is 0.287 e. The molecule has 2 aromatic heterocycles. The topological polar surface area (TPSA) is 55.1 Å². The molecule has 1 aromatic carbocycles. The zero-order chi connectivity index (χ0) is 13.9. The van der Waals surface area contributed by atoms with Gasteiger partial charge in [-0.2, -0.15) is 0 Å². The number of fused-ring (bicyclic) bond motifs is 1. The van der Waals surface area contributed by atoms with Crippen LogP contribution in [0.2, 0.25) is 0 Å². The minimum Gasteiger partial charge on any atom is -0.451 e. The monoisotopic (exact) mass is 266 g/mol. The molecule has 100 valence electrons. The van der Waals surface area contributed by atoms with Gasteiger partial charge in [-0.3, -0.25) is 9.78 Å². The summed E-state index contributed by atoms with van der Waals surface area (Å²) in [6, 6.07) is 11.4. The van der Waals surface area contributed by atoms with E-state index in [-0.39, 0.29) is 5.91 Å². The molecule has 0 fully saturated rings. The van der Waals surface area contributed by atoms with Crippen LogP contribution in [-0.4, -0.2) is 10.9 Å². The lowest BCUT2D eigenvalue weighted by Gasteiger charge is -2.02. The smallest absolute Gasteiger partial charge is 0.287 e. The molecule has 0 spiro atoms. The number of benzene rings is 1. The Morgan fingerprint density at radius 1 is 1.30 bits per heavy atom. The molecule has 0 saturated carbocycles. The van der Waals surface area contributed by atoms with Crippen molar-refractivity contribution in [1.29, 1.82) is 0 Å². The summed E-state index contributed by atoms with van der Waals surface area (Å²) in [7, 11) is 0. The van der Waals surface area contributed by atoms with Crippen molar-refractivity contribution in [1.82, 2.24) is 10.3 Å². The molecular weight excluding hydrogens is 252 g/mol. The number of nitrogens with zero attached hydrogens (tertiary/aromatic N) is 1. The molecule has 0 aliphatic rings. The number of nitrogens with one attached hydrogen (secondary N) is 1. The molecule has 4 heteroatoms. The molecule has 0 aliphatic heterocycles. The predicted molar refractivity (Wildman–Crippen MR) is 76.4 cm³/mol. The average Bonchev–Trinajstić information content (AvgIpc) is 2.89. The average molecular weight is 266 g/mol. The Balaban J connectivity index is 1.75. The van der Waals surface area contributed by atoms with Gasteiger partial charge in [0.1, 0.15) is 5.58 Å². The van der Waals surface area contributed by atoms with E-state index in [1.54, 1.807) is 18.5 Å². The fourth-order valence-electron chi connectivity index (χ4n) is 2.02. The van der Waals surface area contributed by atoms with Gasteiger partial charge in [-0.15, -0.1) is 0 Å². The van der Waals surface area contributed by atoms with Gasteiger partial charge in [-0.1, -0.05) is 18.2 Å². The number of amides is 1. The van der Waals surface area contributed by atoms with Crippen molar-refractivity contribution >= 4 is 16.9 Å². The van der Waals surface area contributed by atoms with E-state index in [4.69, 9.17) is 4.42 Å². The van der Waals surface area contributed by atoms with Crippen LogP contribution in [0.5, 0.6) is 0 Å². The van der Waals surface area contributed by atoms with Gasteiger partial charge in [0.25, 0.3) is 5.91 Å². The maximum atomic E-state index is 12.0. The van der Waals surface area contributed by atoms with E-state index in [2.05, 4.69) is 10.3 Å². The number of carbonyl (C=O) groups excluding carboxylic acids is 1. The van der Waals surface area contributed by atoms with Gasteiger partial charge in [-0.05, 0) is 36.2 Å². The molecule has 1 N–H and O–H groups in total. The SMILES string of the molecule is Cc1ccc2cc(C(=O)NCc3cccnc3)oc2c1. The Morgan fingerprint density at radius 2 is 2.20 bits per heavy atom. The maximum absolute atomic E-state index is 12.0. The van der Waals surface area contributed by atoms with Crippen LogP contribution in [0.4, 0.5) is 0 Å². The third-order valence-corrected chi connectivity index (χ3v) is 3.08. The van der Waals surface area contributed by atoms with E-state index in [1.165, 1.54) is 0 Å². The second-order valence-electron chi connectivity index (χ2n) is 4.70. The molecule has 0 bridgehead atoms. The largest absolute Gasteiger partial charge is 0.451 e. The zero-order valence-corrected chi connectivity index (χ0v) is 11.1. The molecule has 2 heterocycles. The number of furan rings is 1. The number of pyridine rings is 1. The molecule has 0 radical (unpaired) electrons. The van der Waals surface area contributed by atoms with E-state index in [9.17, 15) is 4.79 Å².